The Hall–Kier alpha value is -1.10. The Morgan fingerprint density at radius 3 is 2.50 bits per heavy atom. The van der Waals surface area contributed by atoms with Crippen LogP contribution in [0, 0.1) is 5.41 Å². The molecule has 5 nitrogen and oxygen atoms in total. The van der Waals surface area contributed by atoms with Gasteiger partial charge in [0, 0.05) is 13.2 Å². The fourth-order valence-electron chi connectivity index (χ4n) is 2.47. The molecule has 18 heavy (non-hydrogen) atoms. The van der Waals surface area contributed by atoms with Gasteiger partial charge < -0.3 is 15.2 Å². The average Bonchev–Trinajstić information content (AvgIpc) is 2.79. The van der Waals surface area contributed by atoms with Gasteiger partial charge in [-0.1, -0.05) is 12.8 Å². The van der Waals surface area contributed by atoms with Gasteiger partial charge >= 0.3 is 5.97 Å². The molecule has 0 radical (unpaired) electrons. The summed E-state index contributed by atoms with van der Waals surface area (Å²) in [5, 5.41) is 11.4. The largest absolute Gasteiger partial charge is 0.480 e. The summed E-state index contributed by atoms with van der Waals surface area (Å²) in [5.74, 6) is -1.13. The topological polar surface area (TPSA) is 75.6 Å². The van der Waals surface area contributed by atoms with E-state index in [0.29, 0.717) is 19.6 Å². The van der Waals surface area contributed by atoms with E-state index < -0.39 is 17.4 Å². The third-order valence-electron chi connectivity index (χ3n) is 3.69. The number of carboxylic acid groups (broad SMARTS) is 1. The highest BCUT2D eigenvalue weighted by Crippen LogP contribution is 2.41. The van der Waals surface area contributed by atoms with Crippen molar-refractivity contribution in [2.24, 2.45) is 5.41 Å². The van der Waals surface area contributed by atoms with Crippen LogP contribution >= 0.6 is 0 Å². The molecule has 1 aliphatic rings. The van der Waals surface area contributed by atoms with E-state index in [9.17, 15) is 9.59 Å². The molecule has 0 aromatic rings. The van der Waals surface area contributed by atoms with Crippen molar-refractivity contribution in [3.8, 4) is 0 Å². The number of hydrogen-bond donors (Lipinski definition) is 2. The summed E-state index contributed by atoms with van der Waals surface area (Å²) >= 11 is 0. The lowest BCUT2D eigenvalue weighted by Gasteiger charge is -2.28. The molecule has 1 saturated carbocycles. The third kappa shape index (κ3) is 3.70. The number of aliphatic carboxylic acids is 1. The molecule has 1 aliphatic carbocycles. The Balaban J connectivity index is 2.60. The SMILES string of the molecule is CCOCCC1(C(=O)NC(C)C(=O)O)CCCC1. The van der Waals surface area contributed by atoms with Crippen molar-refractivity contribution < 1.29 is 19.4 Å². The lowest BCUT2D eigenvalue weighted by Crippen LogP contribution is -2.46. The minimum atomic E-state index is -0.999. The van der Waals surface area contributed by atoms with Gasteiger partial charge in [-0.2, -0.15) is 0 Å². The van der Waals surface area contributed by atoms with Gasteiger partial charge in [-0.05, 0) is 33.1 Å². The molecule has 2 N–H and O–H groups in total. The zero-order valence-corrected chi connectivity index (χ0v) is 11.2. The number of rotatable bonds is 7. The van der Waals surface area contributed by atoms with E-state index in [1.807, 2.05) is 6.92 Å². The molecule has 0 heterocycles. The molecule has 0 aromatic carbocycles. The molecule has 0 bridgehead atoms. The molecule has 1 unspecified atom stereocenters. The highest BCUT2D eigenvalue weighted by atomic mass is 16.5. The minimum Gasteiger partial charge on any atom is -0.480 e. The van der Waals surface area contributed by atoms with Gasteiger partial charge in [-0.15, -0.1) is 0 Å². The van der Waals surface area contributed by atoms with Gasteiger partial charge in [-0.25, -0.2) is 0 Å². The number of carbonyl (C=O) groups is 2. The van der Waals surface area contributed by atoms with E-state index in [1.54, 1.807) is 0 Å². The summed E-state index contributed by atoms with van der Waals surface area (Å²) in [4.78, 5) is 23.0. The summed E-state index contributed by atoms with van der Waals surface area (Å²) in [5.41, 5.74) is -0.418. The Morgan fingerprint density at radius 1 is 1.39 bits per heavy atom. The molecule has 1 fully saturated rings. The second-order valence-electron chi connectivity index (χ2n) is 4.97. The van der Waals surface area contributed by atoms with Gasteiger partial charge in [0.2, 0.25) is 5.91 Å². The number of hydrogen-bond acceptors (Lipinski definition) is 3. The fourth-order valence-corrected chi connectivity index (χ4v) is 2.47. The summed E-state index contributed by atoms with van der Waals surface area (Å²) in [7, 11) is 0. The number of carbonyl (C=O) groups excluding carboxylic acids is 1. The van der Waals surface area contributed by atoms with Crippen LogP contribution < -0.4 is 5.32 Å². The van der Waals surface area contributed by atoms with Crippen LogP contribution in [0.2, 0.25) is 0 Å². The number of ether oxygens (including phenoxy) is 1. The van der Waals surface area contributed by atoms with Crippen LogP contribution in [0.3, 0.4) is 0 Å². The Labute approximate surface area is 108 Å². The van der Waals surface area contributed by atoms with E-state index in [0.717, 1.165) is 25.7 Å². The predicted molar refractivity (Wildman–Crippen MR) is 67.3 cm³/mol. The Morgan fingerprint density at radius 2 is 2.00 bits per heavy atom. The summed E-state index contributed by atoms with van der Waals surface area (Å²) in [6, 6.07) is -0.831. The van der Waals surface area contributed by atoms with Crippen molar-refractivity contribution >= 4 is 11.9 Å². The van der Waals surface area contributed by atoms with Gasteiger partial charge in [-0.3, -0.25) is 9.59 Å². The van der Waals surface area contributed by atoms with Crippen LogP contribution in [0.4, 0.5) is 0 Å². The molecular weight excluding hydrogens is 234 g/mol. The van der Waals surface area contributed by atoms with Crippen LogP contribution in [0.1, 0.15) is 46.0 Å². The van der Waals surface area contributed by atoms with Crippen molar-refractivity contribution in [3.05, 3.63) is 0 Å². The first-order valence-electron chi connectivity index (χ1n) is 6.63. The molecule has 104 valence electrons. The predicted octanol–water partition coefficient (Wildman–Crippen LogP) is 1.56. The van der Waals surface area contributed by atoms with E-state index in [-0.39, 0.29) is 5.91 Å². The normalized spacial score (nSPS) is 19.4. The van der Waals surface area contributed by atoms with E-state index in [4.69, 9.17) is 9.84 Å². The summed E-state index contributed by atoms with van der Waals surface area (Å²) in [6.45, 7) is 4.62. The third-order valence-corrected chi connectivity index (χ3v) is 3.69. The van der Waals surface area contributed by atoms with Crippen LogP contribution in [0.5, 0.6) is 0 Å². The highest BCUT2D eigenvalue weighted by molar-refractivity contribution is 5.87. The van der Waals surface area contributed by atoms with Crippen molar-refractivity contribution in [1.29, 1.82) is 0 Å². The average molecular weight is 257 g/mol. The lowest BCUT2D eigenvalue weighted by molar-refractivity contribution is -0.143. The first-order chi connectivity index (χ1) is 8.52. The number of amides is 1. The molecule has 5 heteroatoms. The van der Waals surface area contributed by atoms with Crippen LogP contribution in [-0.2, 0) is 14.3 Å². The summed E-state index contributed by atoms with van der Waals surface area (Å²) < 4.78 is 5.33. The first kappa shape index (κ1) is 15.0. The molecule has 1 rings (SSSR count). The highest BCUT2D eigenvalue weighted by Gasteiger charge is 2.41. The second-order valence-corrected chi connectivity index (χ2v) is 4.97. The van der Waals surface area contributed by atoms with Gasteiger partial charge in [0.15, 0.2) is 0 Å². The first-order valence-corrected chi connectivity index (χ1v) is 6.63. The lowest BCUT2D eigenvalue weighted by atomic mass is 9.81. The molecule has 0 spiro atoms. The van der Waals surface area contributed by atoms with Crippen LogP contribution in [0.25, 0.3) is 0 Å². The fraction of sp³-hybridized carbons (Fsp3) is 0.846. The van der Waals surface area contributed by atoms with E-state index >= 15 is 0 Å². The maximum absolute atomic E-state index is 12.2. The molecular formula is C13H23NO4. The van der Waals surface area contributed by atoms with E-state index in [2.05, 4.69) is 5.32 Å². The van der Waals surface area contributed by atoms with Crippen molar-refractivity contribution in [3.63, 3.8) is 0 Å². The van der Waals surface area contributed by atoms with Crippen LogP contribution in [0.15, 0.2) is 0 Å². The number of nitrogens with one attached hydrogen (secondary N) is 1. The van der Waals surface area contributed by atoms with Gasteiger partial charge in [0.05, 0.1) is 5.41 Å². The zero-order valence-electron chi connectivity index (χ0n) is 11.2. The molecule has 0 saturated heterocycles. The Bertz CT molecular complexity index is 297. The van der Waals surface area contributed by atoms with Crippen molar-refractivity contribution in [2.45, 2.75) is 52.0 Å². The maximum Gasteiger partial charge on any atom is 0.325 e. The Kier molecular flexibility index (Phi) is 5.59. The van der Waals surface area contributed by atoms with Gasteiger partial charge in [0.1, 0.15) is 6.04 Å². The second kappa shape index (κ2) is 6.73. The summed E-state index contributed by atoms with van der Waals surface area (Å²) in [6.07, 6.45) is 4.40. The van der Waals surface area contributed by atoms with Gasteiger partial charge in [0.25, 0.3) is 0 Å². The quantitative estimate of drug-likeness (QED) is 0.679. The standard InChI is InChI=1S/C13H23NO4/c1-3-18-9-8-13(6-4-5-7-13)12(17)14-10(2)11(15)16/h10H,3-9H2,1-2H3,(H,14,17)(H,15,16). The molecule has 0 aromatic heterocycles. The smallest absolute Gasteiger partial charge is 0.325 e. The van der Waals surface area contributed by atoms with Crippen LogP contribution in [-0.4, -0.2) is 36.2 Å². The zero-order chi connectivity index (χ0) is 13.6. The molecule has 1 amide bonds. The van der Waals surface area contributed by atoms with E-state index in [1.165, 1.54) is 6.92 Å². The molecule has 0 aliphatic heterocycles. The maximum atomic E-state index is 12.2. The van der Waals surface area contributed by atoms with Crippen molar-refractivity contribution in [1.82, 2.24) is 5.32 Å². The van der Waals surface area contributed by atoms with Crippen molar-refractivity contribution in [2.75, 3.05) is 13.2 Å². The minimum absolute atomic E-state index is 0.130. The molecule has 1 atom stereocenters. The monoisotopic (exact) mass is 257 g/mol. The number of carboxylic acids is 1.